The number of thiophene rings is 1. The fourth-order valence-electron chi connectivity index (χ4n) is 1.99. The number of aromatic nitrogens is 1. The fraction of sp³-hybridized carbons (Fsp3) is 0.125. The zero-order chi connectivity index (χ0) is 16.2. The maximum Gasteiger partial charge on any atom is 0.252 e. The molecule has 1 aromatic carbocycles. The lowest BCUT2D eigenvalue weighted by Crippen LogP contribution is -2.13. The number of hydrogen-bond acceptors (Lipinski definition) is 6. The second-order valence-corrected chi connectivity index (χ2v) is 5.58. The first-order valence-corrected chi connectivity index (χ1v) is 7.64. The van der Waals surface area contributed by atoms with Crippen molar-refractivity contribution in [3.8, 4) is 22.3 Å². The predicted molar refractivity (Wildman–Crippen MR) is 85.7 cm³/mol. The second-order valence-electron chi connectivity index (χ2n) is 4.64. The Kier molecular flexibility index (Phi) is 4.29. The third kappa shape index (κ3) is 3.35. The molecule has 3 rings (SSSR count). The highest BCUT2D eigenvalue weighted by atomic mass is 32.1. The van der Waals surface area contributed by atoms with E-state index in [4.69, 9.17) is 19.6 Å². The number of oxazole rings is 1. The Labute approximate surface area is 136 Å². The first kappa shape index (κ1) is 15.1. The third-order valence-corrected chi connectivity index (χ3v) is 3.97. The summed E-state index contributed by atoms with van der Waals surface area (Å²) in [6.07, 6.45) is 1.53. The Hall–Kier alpha value is -2.80. The van der Waals surface area contributed by atoms with Crippen molar-refractivity contribution in [3.05, 3.63) is 53.2 Å². The zero-order valence-electron chi connectivity index (χ0n) is 12.3. The van der Waals surface area contributed by atoms with Crippen LogP contribution in [-0.4, -0.2) is 18.0 Å². The van der Waals surface area contributed by atoms with Crippen LogP contribution in [-0.2, 0) is 6.61 Å². The van der Waals surface area contributed by atoms with E-state index in [2.05, 4.69) is 4.98 Å². The highest BCUT2D eigenvalue weighted by Gasteiger charge is 2.13. The molecule has 23 heavy (non-hydrogen) atoms. The molecule has 0 aliphatic rings. The van der Waals surface area contributed by atoms with Crippen LogP contribution in [0.4, 0.5) is 0 Å². The largest absolute Gasteiger partial charge is 0.497 e. The number of nitrogens with two attached hydrogens (primary N) is 1. The Morgan fingerprint density at radius 1 is 1.39 bits per heavy atom. The van der Waals surface area contributed by atoms with E-state index in [1.807, 2.05) is 17.5 Å². The van der Waals surface area contributed by atoms with E-state index in [0.717, 1.165) is 4.88 Å². The van der Waals surface area contributed by atoms with Crippen molar-refractivity contribution in [2.45, 2.75) is 6.61 Å². The molecule has 2 N–H and O–H groups in total. The number of carbonyl (C=O) groups is 1. The van der Waals surface area contributed by atoms with E-state index in [1.54, 1.807) is 29.5 Å². The Bertz CT molecular complexity index is 811. The summed E-state index contributed by atoms with van der Waals surface area (Å²) < 4.78 is 16.2. The molecule has 0 bridgehead atoms. The molecule has 0 spiro atoms. The standard InChI is InChI=1S/C16H14N2O4S/c1-20-11-4-5-12(15(17)19)13(7-11)21-8-10-9-22-16(18-10)14-3-2-6-23-14/h2-7,9H,8H2,1H3,(H2,17,19). The van der Waals surface area contributed by atoms with Crippen LogP contribution in [0.15, 0.2) is 46.4 Å². The van der Waals surface area contributed by atoms with Crippen LogP contribution >= 0.6 is 11.3 Å². The summed E-state index contributed by atoms with van der Waals surface area (Å²) in [5.41, 5.74) is 6.25. The SMILES string of the molecule is COc1ccc(C(N)=O)c(OCc2coc(-c3cccs3)n2)c1. The van der Waals surface area contributed by atoms with Crippen molar-refractivity contribution in [1.82, 2.24) is 4.98 Å². The minimum absolute atomic E-state index is 0.155. The van der Waals surface area contributed by atoms with Crippen molar-refractivity contribution in [3.63, 3.8) is 0 Å². The summed E-state index contributed by atoms with van der Waals surface area (Å²) in [7, 11) is 1.54. The number of hydrogen-bond donors (Lipinski definition) is 1. The van der Waals surface area contributed by atoms with Crippen molar-refractivity contribution in [2.24, 2.45) is 5.73 Å². The summed E-state index contributed by atoms with van der Waals surface area (Å²) in [5, 5.41) is 1.95. The van der Waals surface area contributed by atoms with Crippen LogP contribution in [0.2, 0.25) is 0 Å². The highest BCUT2D eigenvalue weighted by Crippen LogP contribution is 2.27. The summed E-state index contributed by atoms with van der Waals surface area (Å²) in [6.45, 7) is 0.155. The van der Waals surface area contributed by atoms with Gasteiger partial charge in [0, 0.05) is 6.07 Å². The molecule has 7 heteroatoms. The average molecular weight is 330 g/mol. The number of rotatable bonds is 6. The van der Waals surface area contributed by atoms with E-state index >= 15 is 0 Å². The van der Waals surface area contributed by atoms with Crippen LogP contribution in [0.3, 0.4) is 0 Å². The van der Waals surface area contributed by atoms with Crippen LogP contribution in [0.25, 0.3) is 10.8 Å². The molecular weight excluding hydrogens is 316 g/mol. The van der Waals surface area contributed by atoms with Gasteiger partial charge in [-0.25, -0.2) is 4.98 Å². The molecular formula is C16H14N2O4S. The number of benzene rings is 1. The summed E-state index contributed by atoms with van der Waals surface area (Å²) in [4.78, 5) is 16.8. The number of ether oxygens (including phenoxy) is 2. The van der Waals surface area contributed by atoms with E-state index < -0.39 is 5.91 Å². The van der Waals surface area contributed by atoms with E-state index in [1.165, 1.54) is 13.4 Å². The van der Waals surface area contributed by atoms with Gasteiger partial charge in [0.1, 0.15) is 30.1 Å². The number of amides is 1. The van der Waals surface area contributed by atoms with Gasteiger partial charge in [-0.15, -0.1) is 11.3 Å². The van der Waals surface area contributed by atoms with Crippen LogP contribution < -0.4 is 15.2 Å². The van der Waals surface area contributed by atoms with Crippen molar-refractivity contribution < 1.29 is 18.7 Å². The number of carbonyl (C=O) groups excluding carboxylic acids is 1. The van der Waals surface area contributed by atoms with Gasteiger partial charge in [-0.3, -0.25) is 4.79 Å². The number of primary amides is 1. The Morgan fingerprint density at radius 2 is 2.26 bits per heavy atom. The second kappa shape index (κ2) is 6.53. The van der Waals surface area contributed by atoms with E-state index in [-0.39, 0.29) is 12.2 Å². The van der Waals surface area contributed by atoms with Crippen LogP contribution in [0.5, 0.6) is 11.5 Å². The molecule has 0 aliphatic carbocycles. The molecule has 1 amide bonds. The zero-order valence-corrected chi connectivity index (χ0v) is 13.1. The summed E-state index contributed by atoms with van der Waals surface area (Å²) in [6, 6.07) is 8.68. The lowest BCUT2D eigenvalue weighted by molar-refractivity contribution is 0.0996. The van der Waals surface area contributed by atoms with Crippen molar-refractivity contribution in [2.75, 3.05) is 7.11 Å². The first-order chi connectivity index (χ1) is 11.2. The number of methoxy groups -OCH3 is 1. The summed E-state index contributed by atoms with van der Waals surface area (Å²) >= 11 is 1.54. The van der Waals surface area contributed by atoms with Crippen molar-refractivity contribution in [1.29, 1.82) is 0 Å². The molecule has 0 radical (unpaired) electrons. The molecule has 0 saturated carbocycles. The minimum atomic E-state index is -0.568. The van der Waals surface area contributed by atoms with Gasteiger partial charge in [-0.2, -0.15) is 0 Å². The van der Waals surface area contributed by atoms with Gasteiger partial charge in [-0.05, 0) is 23.6 Å². The smallest absolute Gasteiger partial charge is 0.252 e. The van der Waals surface area contributed by atoms with Crippen LogP contribution in [0, 0.1) is 0 Å². The molecule has 0 aliphatic heterocycles. The van der Waals surface area contributed by atoms with E-state index in [0.29, 0.717) is 23.1 Å². The van der Waals surface area contributed by atoms with Crippen molar-refractivity contribution >= 4 is 17.2 Å². The molecule has 0 atom stereocenters. The first-order valence-electron chi connectivity index (χ1n) is 6.76. The Morgan fingerprint density at radius 3 is 2.96 bits per heavy atom. The molecule has 2 heterocycles. The molecule has 118 valence electrons. The summed E-state index contributed by atoms with van der Waals surface area (Å²) in [5.74, 6) is 0.892. The quantitative estimate of drug-likeness (QED) is 0.750. The Balaban J connectivity index is 1.76. The average Bonchev–Trinajstić information content (AvgIpc) is 3.23. The minimum Gasteiger partial charge on any atom is -0.497 e. The fourth-order valence-corrected chi connectivity index (χ4v) is 2.65. The maximum atomic E-state index is 11.5. The van der Waals surface area contributed by atoms with Crippen LogP contribution in [0.1, 0.15) is 16.1 Å². The van der Waals surface area contributed by atoms with Gasteiger partial charge < -0.3 is 19.6 Å². The van der Waals surface area contributed by atoms with Gasteiger partial charge in [-0.1, -0.05) is 6.07 Å². The normalized spacial score (nSPS) is 10.5. The monoisotopic (exact) mass is 330 g/mol. The van der Waals surface area contributed by atoms with Gasteiger partial charge in [0.2, 0.25) is 5.89 Å². The molecule has 0 unspecified atom stereocenters. The van der Waals surface area contributed by atoms with Gasteiger partial charge in [0.05, 0.1) is 17.6 Å². The van der Waals surface area contributed by atoms with E-state index in [9.17, 15) is 4.79 Å². The lowest BCUT2D eigenvalue weighted by Gasteiger charge is -2.10. The molecule has 0 saturated heterocycles. The molecule has 0 fully saturated rings. The lowest BCUT2D eigenvalue weighted by atomic mass is 10.2. The van der Waals surface area contributed by atoms with Gasteiger partial charge in [0.25, 0.3) is 5.91 Å². The van der Waals surface area contributed by atoms with Gasteiger partial charge >= 0.3 is 0 Å². The third-order valence-electron chi connectivity index (χ3n) is 3.11. The predicted octanol–water partition coefficient (Wildman–Crippen LogP) is 3.09. The topological polar surface area (TPSA) is 87.6 Å². The highest BCUT2D eigenvalue weighted by molar-refractivity contribution is 7.13. The van der Waals surface area contributed by atoms with Gasteiger partial charge in [0.15, 0.2) is 0 Å². The molecule has 6 nitrogen and oxygen atoms in total. The molecule has 3 aromatic rings. The maximum absolute atomic E-state index is 11.5. The molecule has 2 aromatic heterocycles. The number of nitrogens with zero attached hydrogens (tertiary/aromatic N) is 1.